The van der Waals surface area contributed by atoms with Gasteiger partial charge in [0.25, 0.3) is 5.91 Å². The van der Waals surface area contributed by atoms with E-state index in [1.165, 1.54) is 12.1 Å². The molecular weight excluding hydrogens is 561 g/mol. The van der Waals surface area contributed by atoms with E-state index in [1.807, 2.05) is 56.0 Å². The molecule has 5 rings (SSSR count). The number of rotatable bonds is 9. The fraction of sp³-hybridized carbons (Fsp3) is 0.333. The average molecular weight is 594 g/mol. The number of nitrogens with zero attached hydrogens (tertiary/aromatic N) is 4. The van der Waals surface area contributed by atoms with Crippen LogP contribution in [-0.4, -0.2) is 63.6 Å². The monoisotopic (exact) mass is 593 g/mol. The number of nitrogens with one attached hydrogen (secondary N) is 1. The van der Waals surface area contributed by atoms with Crippen LogP contribution in [0.1, 0.15) is 35.5 Å². The molecular formula is C30H32FN5O3S2. The highest BCUT2D eigenvalue weighted by atomic mass is 33.1. The predicted octanol–water partition coefficient (Wildman–Crippen LogP) is 5.42. The molecule has 0 aliphatic carbocycles. The predicted molar refractivity (Wildman–Crippen MR) is 163 cm³/mol. The van der Waals surface area contributed by atoms with E-state index >= 15 is 0 Å². The molecule has 214 valence electrons. The van der Waals surface area contributed by atoms with Crippen molar-refractivity contribution in [3.05, 3.63) is 77.4 Å². The Morgan fingerprint density at radius 3 is 2.68 bits per heavy atom. The van der Waals surface area contributed by atoms with Crippen molar-refractivity contribution in [3.63, 3.8) is 0 Å². The average Bonchev–Trinajstić information content (AvgIpc) is 2.95. The number of anilines is 1. The van der Waals surface area contributed by atoms with Crippen molar-refractivity contribution in [1.29, 1.82) is 0 Å². The van der Waals surface area contributed by atoms with E-state index in [0.29, 0.717) is 52.8 Å². The van der Waals surface area contributed by atoms with Crippen molar-refractivity contribution in [2.45, 2.75) is 44.4 Å². The summed E-state index contributed by atoms with van der Waals surface area (Å²) in [5.74, 6) is 0.603. The molecule has 1 aliphatic heterocycles. The molecule has 11 heteroatoms. The molecule has 41 heavy (non-hydrogen) atoms. The molecule has 2 atom stereocenters. The second-order valence-corrected chi connectivity index (χ2v) is 12.5. The van der Waals surface area contributed by atoms with Gasteiger partial charge in [0, 0.05) is 53.0 Å². The Kier molecular flexibility index (Phi) is 9.39. The zero-order valence-electron chi connectivity index (χ0n) is 23.1. The first-order valence-electron chi connectivity index (χ1n) is 13.4. The summed E-state index contributed by atoms with van der Waals surface area (Å²) in [5.41, 5.74) is 3.96. The highest BCUT2D eigenvalue weighted by Gasteiger charge is 2.24. The molecule has 3 aromatic heterocycles. The Morgan fingerprint density at radius 2 is 1.90 bits per heavy atom. The van der Waals surface area contributed by atoms with E-state index in [2.05, 4.69) is 10.3 Å². The van der Waals surface area contributed by atoms with Gasteiger partial charge >= 0.3 is 0 Å². The third-order valence-corrected chi connectivity index (χ3v) is 9.10. The van der Waals surface area contributed by atoms with Crippen LogP contribution in [0.3, 0.4) is 0 Å². The molecule has 0 spiro atoms. The molecule has 4 heterocycles. The number of benzene rings is 1. The number of hydrogen-bond acceptors (Lipinski definition) is 9. The van der Waals surface area contributed by atoms with Crippen LogP contribution in [0.15, 0.2) is 59.6 Å². The maximum atomic E-state index is 14.7. The quantitative estimate of drug-likeness (QED) is 0.195. The molecule has 4 aromatic rings. The Morgan fingerprint density at radius 1 is 1.10 bits per heavy atom. The number of ether oxygens (including phenoxy) is 1. The van der Waals surface area contributed by atoms with Crippen LogP contribution in [0.25, 0.3) is 22.3 Å². The first-order chi connectivity index (χ1) is 19.8. The number of aromatic nitrogens is 3. The van der Waals surface area contributed by atoms with Crippen LogP contribution in [0, 0.1) is 12.7 Å². The standard InChI is InChI=1S/C30H32FN5O3S2/c1-18-4-5-21(10-28(18)41-40-9-8-37)30(38)33-15-24-13-26-22(14-32-24)6-7-25(34-26)27-11-23(31)12-29(35-27)36-16-19(2)39-20(3)17-36/h4-7,10-14,19-20,37H,8-9,15-17H2,1-3H3,(H,33,38). The molecule has 1 aliphatic rings. The number of aliphatic hydroxyl groups is 1. The number of halogens is 1. The van der Waals surface area contributed by atoms with Crippen LogP contribution in [0.5, 0.6) is 0 Å². The Hall–Kier alpha value is -3.25. The van der Waals surface area contributed by atoms with E-state index in [1.54, 1.807) is 33.9 Å². The third-order valence-electron chi connectivity index (χ3n) is 6.62. The van der Waals surface area contributed by atoms with Crippen molar-refractivity contribution in [2.24, 2.45) is 0 Å². The summed E-state index contributed by atoms with van der Waals surface area (Å²) in [7, 11) is 3.09. The lowest BCUT2D eigenvalue weighted by atomic mass is 10.1. The lowest BCUT2D eigenvalue weighted by Crippen LogP contribution is -2.45. The lowest BCUT2D eigenvalue weighted by Gasteiger charge is -2.36. The smallest absolute Gasteiger partial charge is 0.251 e. The summed E-state index contributed by atoms with van der Waals surface area (Å²) in [6.45, 7) is 7.60. The van der Waals surface area contributed by atoms with Gasteiger partial charge in [0.1, 0.15) is 11.6 Å². The number of morpholine rings is 1. The fourth-order valence-corrected chi connectivity index (χ4v) is 6.74. The van der Waals surface area contributed by atoms with Crippen LogP contribution in [0.4, 0.5) is 10.2 Å². The number of carbonyl (C=O) groups excluding carboxylic acids is 1. The van der Waals surface area contributed by atoms with Gasteiger partial charge in [0.05, 0.1) is 48.0 Å². The zero-order valence-corrected chi connectivity index (χ0v) is 24.8. The third kappa shape index (κ3) is 7.34. The van der Waals surface area contributed by atoms with Crippen LogP contribution in [-0.2, 0) is 11.3 Å². The normalized spacial score (nSPS) is 17.1. The highest BCUT2D eigenvalue weighted by Crippen LogP contribution is 2.33. The minimum Gasteiger partial charge on any atom is -0.395 e. The summed E-state index contributed by atoms with van der Waals surface area (Å²) >= 11 is 0. The second kappa shape index (κ2) is 13.2. The number of hydrogen-bond donors (Lipinski definition) is 2. The molecule has 8 nitrogen and oxygen atoms in total. The van der Waals surface area contributed by atoms with Gasteiger partial charge in [0.2, 0.25) is 0 Å². The summed E-state index contributed by atoms with van der Waals surface area (Å²) < 4.78 is 20.5. The van der Waals surface area contributed by atoms with E-state index in [4.69, 9.17) is 19.8 Å². The van der Waals surface area contributed by atoms with Crippen LogP contribution < -0.4 is 10.2 Å². The largest absolute Gasteiger partial charge is 0.395 e. The molecule has 1 saturated heterocycles. The SMILES string of the molecule is Cc1ccc(C(=O)NCc2cc3nc(-c4cc(F)cc(N5CC(C)OC(C)C5)n4)ccc3cn2)cc1SSCCO. The van der Waals surface area contributed by atoms with Gasteiger partial charge in [0.15, 0.2) is 0 Å². The minimum absolute atomic E-state index is 0.0280. The molecule has 2 unspecified atom stereocenters. The number of carbonyl (C=O) groups is 1. The zero-order chi connectivity index (χ0) is 28.9. The van der Waals surface area contributed by atoms with Crippen molar-refractivity contribution in [2.75, 3.05) is 30.3 Å². The number of aliphatic hydroxyl groups excluding tert-OH is 1. The molecule has 0 saturated carbocycles. The molecule has 2 N–H and O–H groups in total. The van der Waals surface area contributed by atoms with Gasteiger partial charge in [-0.25, -0.2) is 14.4 Å². The molecule has 1 amide bonds. The molecule has 0 radical (unpaired) electrons. The van der Waals surface area contributed by atoms with Gasteiger partial charge in [-0.2, -0.15) is 0 Å². The molecule has 0 bridgehead atoms. The van der Waals surface area contributed by atoms with E-state index < -0.39 is 0 Å². The van der Waals surface area contributed by atoms with Crippen LogP contribution in [0.2, 0.25) is 0 Å². The number of amides is 1. The fourth-order valence-electron chi connectivity index (χ4n) is 4.69. The van der Waals surface area contributed by atoms with Crippen LogP contribution >= 0.6 is 21.6 Å². The number of fused-ring (bicyclic) bond motifs is 1. The number of aryl methyl sites for hydroxylation is 1. The number of pyridine rings is 3. The first kappa shape index (κ1) is 29.2. The second-order valence-electron chi connectivity index (χ2n) is 10.0. The van der Waals surface area contributed by atoms with Gasteiger partial charge in [-0.15, -0.1) is 0 Å². The highest BCUT2D eigenvalue weighted by molar-refractivity contribution is 8.76. The Balaban J connectivity index is 1.32. The van der Waals surface area contributed by atoms with Gasteiger partial charge in [-0.3, -0.25) is 9.78 Å². The van der Waals surface area contributed by atoms with Gasteiger partial charge in [-0.1, -0.05) is 27.7 Å². The maximum Gasteiger partial charge on any atom is 0.251 e. The topological polar surface area (TPSA) is 100 Å². The maximum absolute atomic E-state index is 14.7. The molecule has 1 fully saturated rings. The Bertz CT molecular complexity index is 1550. The minimum atomic E-state index is -0.374. The first-order valence-corrected chi connectivity index (χ1v) is 15.7. The van der Waals surface area contributed by atoms with E-state index in [0.717, 1.165) is 15.8 Å². The van der Waals surface area contributed by atoms with Gasteiger partial charge < -0.3 is 20.1 Å². The van der Waals surface area contributed by atoms with Crippen molar-refractivity contribution < 1.29 is 19.0 Å². The van der Waals surface area contributed by atoms with Crippen molar-refractivity contribution >= 4 is 44.2 Å². The van der Waals surface area contributed by atoms with Crippen molar-refractivity contribution in [3.8, 4) is 11.4 Å². The van der Waals surface area contributed by atoms with E-state index in [-0.39, 0.29) is 37.1 Å². The Labute approximate surface area is 246 Å². The van der Waals surface area contributed by atoms with Crippen molar-refractivity contribution in [1.82, 2.24) is 20.3 Å². The summed E-state index contributed by atoms with van der Waals surface area (Å²) in [4.78, 5) is 29.9. The lowest BCUT2D eigenvalue weighted by molar-refractivity contribution is -0.00547. The summed E-state index contributed by atoms with van der Waals surface area (Å²) in [6, 6.07) is 13.9. The van der Waals surface area contributed by atoms with E-state index in [9.17, 15) is 9.18 Å². The summed E-state index contributed by atoms with van der Waals surface area (Å²) in [5, 5.41) is 12.8. The summed E-state index contributed by atoms with van der Waals surface area (Å²) in [6.07, 6.45) is 1.77. The van der Waals surface area contributed by atoms with Gasteiger partial charge in [-0.05, 0) is 56.7 Å². The molecule has 1 aromatic carbocycles.